The largest absolute Gasteiger partial charge is 0.488 e. The second kappa shape index (κ2) is 6.12. The van der Waals surface area contributed by atoms with E-state index in [9.17, 15) is 4.79 Å². The first-order valence-corrected chi connectivity index (χ1v) is 5.95. The summed E-state index contributed by atoms with van der Waals surface area (Å²) in [6.45, 7) is 4.02. The van der Waals surface area contributed by atoms with Crippen molar-refractivity contribution in [3.8, 4) is 5.75 Å². The zero-order chi connectivity index (χ0) is 12.1. The summed E-state index contributed by atoms with van der Waals surface area (Å²) in [7, 11) is 0. The van der Waals surface area contributed by atoms with Crippen LogP contribution in [0.3, 0.4) is 0 Å². The quantitative estimate of drug-likeness (QED) is 0.735. The third-order valence-electron chi connectivity index (χ3n) is 2.18. The van der Waals surface area contributed by atoms with E-state index in [1.807, 2.05) is 6.92 Å². The summed E-state index contributed by atoms with van der Waals surface area (Å²) in [5, 5.41) is 0.806. The van der Waals surface area contributed by atoms with Gasteiger partial charge >= 0.3 is 0 Å². The lowest BCUT2D eigenvalue weighted by Gasteiger charge is -2.16. The molecule has 1 unspecified atom stereocenters. The van der Waals surface area contributed by atoms with E-state index in [0.29, 0.717) is 27.6 Å². The molecule has 88 valence electrons. The fourth-order valence-electron chi connectivity index (χ4n) is 1.46. The van der Waals surface area contributed by atoms with E-state index in [0.717, 1.165) is 12.8 Å². The minimum Gasteiger partial charge on any atom is -0.488 e. The van der Waals surface area contributed by atoms with Crippen LogP contribution in [0.2, 0.25) is 10.0 Å². The summed E-state index contributed by atoms with van der Waals surface area (Å²) < 4.78 is 5.64. The van der Waals surface area contributed by atoms with Crippen LogP contribution in [-0.2, 0) is 0 Å². The van der Waals surface area contributed by atoms with Gasteiger partial charge in [0.05, 0.1) is 16.7 Å². The average molecular weight is 261 g/mol. The molecule has 0 heterocycles. The number of hydrogen-bond donors (Lipinski definition) is 0. The van der Waals surface area contributed by atoms with Gasteiger partial charge in [0.25, 0.3) is 0 Å². The van der Waals surface area contributed by atoms with Gasteiger partial charge in [-0.15, -0.1) is 0 Å². The number of ether oxygens (including phenoxy) is 1. The highest BCUT2D eigenvalue weighted by Gasteiger charge is 2.13. The highest BCUT2D eigenvalue weighted by atomic mass is 35.5. The molecule has 1 atom stereocenters. The lowest BCUT2D eigenvalue weighted by molar-refractivity contribution is 0.111. The molecule has 1 aromatic carbocycles. The van der Waals surface area contributed by atoms with Gasteiger partial charge in [0, 0.05) is 5.02 Å². The third-order valence-corrected chi connectivity index (χ3v) is 2.68. The summed E-state index contributed by atoms with van der Waals surface area (Å²) in [6.07, 6.45) is 2.66. The van der Waals surface area contributed by atoms with Gasteiger partial charge in [0.2, 0.25) is 0 Å². The first kappa shape index (κ1) is 13.3. The molecule has 0 bridgehead atoms. The molecule has 0 aliphatic heterocycles. The average Bonchev–Trinajstić information content (AvgIpc) is 2.22. The fraction of sp³-hybridized carbons (Fsp3) is 0.417. The van der Waals surface area contributed by atoms with Crippen LogP contribution in [0.5, 0.6) is 5.75 Å². The number of aldehydes is 1. The van der Waals surface area contributed by atoms with Gasteiger partial charge in [-0.3, -0.25) is 4.79 Å². The van der Waals surface area contributed by atoms with E-state index in [2.05, 4.69) is 6.92 Å². The normalized spacial score (nSPS) is 12.2. The molecule has 1 aromatic rings. The number of halogens is 2. The van der Waals surface area contributed by atoms with E-state index < -0.39 is 0 Å². The maximum Gasteiger partial charge on any atom is 0.153 e. The summed E-state index contributed by atoms with van der Waals surface area (Å²) in [5.41, 5.74) is 0.389. The molecule has 0 aromatic heterocycles. The molecule has 0 saturated heterocycles. The Hall–Kier alpha value is -0.730. The van der Waals surface area contributed by atoms with Gasteiger partial charge in [-0.05, 0) is 25.5 Å². The number of carbonyl (C=O) groups excluding carboxylic acids is 1. The lowest BCUT2D eigenvalue weighted by Crippen LogP contribution is -2.12. The van der Waals surface area contributed by atoms with E-state index in [1.54, 1.807) is 12.1 Å². The first-order chi connectivity index (χ1) is 7.58. The van der Waals surface area contributed by atoms with Crippen molar-refractivity contribution >= 4 is 29.5 Å². The van der Waals surface area contributed by atoms with E-state index >= 15 is 0 Å². The molecule has 16 heavy (non-hydrogen) atoms. The Morgan fingerprint density at radius 1 is 1.44 bits per heavy atom. The van der Waals surface area contributed by atoms with Gasteiger partial charge < -0.3 is 4.74 Å². The summed E-state index contributed by atoms with van der Waals surface area (Å²) in [4.78, 5) is 10.9. The Balaban J connectivity index is 2.98. The molecular formula is C12H14Cl2O2. The zero-order valence-electron chi connectivity index (χ0n) is 9.30. The minimum absolute atomic E-state index is 0.0300. The Labute approximate surface area is 106 Å². The molecule has 2 nitrogen and oxygen atoms in total. The second-order valence-electron chi connectivity index (χ2n) is 3.64. The van der Waals surface area contributed by atoms with Gasteiger partial charge in [0.1, 0.15) is 5.75 Å². The first-order valence-electron chi connectivity index (χ1n) is 5.19. The fourth-order valence-corrected chi connectivity index (χ4v) is 2.01. The maximum atomic E-state index is 10.9. The summed E-state index contributed by atoms with van der Waals surface area (Å²) in [5.74, 6) is 0.419. The molecule has 0 amide bonds. The maximum absolute atomic E-state index is 10.9. The number of carbonyl (C=O) groups is 1. The van der Waals surface area contributed by atoms with Crippen LogP contribution in [0.15, 0.2) is 12.1 Å². The van der Waals surface area contributed by atoms with Crippen LogP contribution in [0.4, 0.5) is 0 Å². The Bertz CT molecular complexity index is 378. The highest BCUT2D eigenvalue weighted by Crippen LogP contribution is 2.32. The van der Waals surface area contributed by atoms with Crippen molar-refractivity contribution in [2.24, 2.45) is 0 Å². The monoisotopic (exact) mass is 260 g/mol. The molecule has 1 rings (SSSR count). The van der Waals surface area contributed by atoms with Crippen molar-refractivity contribution in [1.29, 1.82) is 0 Å². The third kappa shape index (κ3) is 3.39. The number of hydrogen-bond acceptors (Lipinski definition) is 2. The Morgan fingerprint density at radius 3 is 2.69 bits per heavy atom. The van der Waals surface area contributed by atoms with E-state index in [4.69, 9.17) is 27.9 Å². The Kier molecular flexibility index (Phi) is 5.10. The van der Waals surface area contributed by atoms with Crippen LogP contribution >= 0.6 is 23.2 Å². The molecule has 0 fully saturated rings. The van der Waals surface area contributed by atoms with Gasteiger partial charge in [-0.1, -0.05) is 36.5 Å². The molecule has 0 N–H and O–H groups in total. The van der Waals surface area contributed by atoms with Crippen LogP contribution in [0.25, 0.3) is 0 Å². The molecule has 0 aliphatic carbocycles. The summed E-state index contributed by atoms with van der Waals surface area (Å²) >= 11 is 11.8. The zero-order valence-corrected chi connectivity index (χ0v) is 10.8. The van der Waals surface area contributed by atoms with E-state index in [1.165, 1.54) is 0 Å². The van der Waals surface area contributed by atoms with Gasteiger partial charge in [-0.2, -0.15) is 0 Å². The van der Waals surface area contributed by atoms with Crippen LogP contribution in [0, 0.1) is 0 Å². The van der Waals surface area contributed by atoms with Crippen molar-refractivity contribution in [1.82, 2.24) is 0 Å². The van der Waals surface area contributed by atoms with Crippen molar-refractivity contribution in [3.63, 3.8) is 0 Å². The standard InChI is InChI=1S/C12H14Cl2O2/c1-3-4-8(2)16-12-9(7-15)5-10(13)6-11(12)14/h5-8H,3-4H2,1-2H3. The molecule has 0 aliphatic rings. The number of rotatable bonds is 5. The molecule has 0 radical (unpaired) electrons. The topological polar surface area (TPSA) is 26.3 Å². The highest BCUT2D eigenvalue weighted by molar-refractivity contribution is 6.36. The van der Waals surface area contributed by atoms with Crippen molar-refractivity contribution in [2.75, 3.05) is 0 Å². The molecule has 0 saturated carbocycles. The van der Waals surface area contributed by atoms with Gasteiger partial charge in [-0.25, -0.2) is 0 Å². The van der Waals surface area contributed by atoms with Crippen molar-refractivity contribution < 1.29 is 9.53 Å². The summed E-state index contributed by atoms with van der Waals surface area (Å²) in [6, 6.07) is 3.12. The molecule has 4 heteroatoms. The molecule has 0 spiro atoms. The minimum atomic E-state index is 0.0300. The van der Waals surface area contributed by atoms with Crippen LogP contribution in [-0.4, -0.2) is 12.4 Å². The SMILES string of the molecule is CCCC(C)Oc1c(Cl)cc(Cl)cc1C=O. The van der Waals surface area contributed by atoms with E-state index in [-0.39, 0.29) is 6.10 Å². The van der Waals surface area contributed by atoms with Crippen molar-refractivity contribution in [3.05, 3.63) is 27.7 Å². The lowest BCUT2D eigenvalue weighted by atomic mass is 10.2. The van der Waals surface area contributed by atoms with Crippen LogP contribution < -0.4 is 4.74 Å². The second-order valence-corrected chi connectivity index (χ2v) is 4.48. The van der Waals surface area contributed by atoms with Crippen LogP contribution in [0.1, 0.15) is 37.0 Å². The predicted molar refractivity (Wildman–Crippen MR) is 66.8 cm³/mol. The van der Waals surface area contributed by atoms with Crippen molar-refractivity contribution in [2.45, 2.75) is 32.8 Å². The predicted octanol–water partition coefficient (Wildman–Crippen LogP) is 4.37. The smallest absolute Gasteiger partial charge is 0.153 e. The molecular weight excluding hydrogens is 247 g/mol. The van der Waals surface area contributed by atoms with Gasteiger partial charge in [0.15, 0.2) is 6.29 Å². The Morgan fingerprint density at radius 2 is 2.12 bits per heavy atom. The number of benzene rings is 1.